The molecule has 1 fully saturated rings. The van der Waals surface area contributed by atoms with Crippen molar-refractivity contribution in [1.82, 2.24) is 10.2 Å². The van der Waals surface area contributed by atoms with Crippen LogP contribution in [0.3, 0.4) is 0 Å². The molecule has 78 valence electrons. The molecule has 0 spiro atoms. The number of carboxylic acid groups (broad SMARTS) is 1. The van der Waals surface area contributed by atoms with Crippen molar-refractivity contribution in [1.29, 1.82) is 0 Å². The minimum Gasteiger partial charge on any atom is -0.480 e. The third-order valence-electron chi connectivity index (χ3n) is 2.13. The number of piperidine rings is 1. The van der Waals surface area contributed by atoms with Crippen LogP contribution < -0.4 is 5.32 Å². The highest BCUT2D eigenvalue weighted by Crippen LogP contribution is 2.09. The third kappa shape index (κ3) is 2.53. The molecular formula is C8H12N2O4. The Kier molecular flexibility index (Phi) is 3.19. The molecule has 14 heavy (non-hydrogen) atoms. The van der Waals surface area contributed by atoms with Crippen LogP contribution >= 0.6 is 0 Å². The Morgan fingerprint density at radius 2 is 2.29 bits per heavy atom. The summed E-state index contributed by atoms with van der Waals surface area (Å²) in [4.78, 5) is 33.9. The molecule has 0 aliphatic carbocycles. The van der Waals surface area contributed by atoms with Gasteiger partial charge in [0.25, 0.3) is 0 Å². The van der Waals surface area contributed by atoms with Crippen molar-refractivity contribution in [3.05, 3.63) is 0 Å². The number of nitrogens with zero attached hydrogens (tertiary/aromatic N) is 1. The predicted molar refractivity (Wildman–Crippen MR) is 46.4 cm³/mol. The summed E-state index contributed by atoms with van der Waals surface area (Å²) in [6, 6.07) is -0.510. The van der Waals surface area contributed by atoms with Gasteiger partial charge in [-0.15, -0.1) is 0 Å². The number of carbonyl (C=O) groups excluding carboxylic acids is 2. The van der Waals surface area contributed by atoms with Crippen LogP contribution in [0.15, 0.2) is 0 Å². The van der Waals surface area contributed by atoms with E-state index >= 15 is 0 Å². The van der Waals surface area contributed by atoms with E-state index in [1.165, 1.54) is 4.90 Å². The number of hydrogen-bond donors (Lipinski definition) is 2. The van der Waals surface area contributed by atoms with Gasteiger partial charge in [-0.3, -0.25) is 24.6 Å². The SMILES string of the molecule is CN(CC(=O)O)C1CCC(=O)NC1=O. The topological polar surface area (TPSA) is 86.7 Å². The van der Waals surface area contributed by atoms with Crippen LogP contribution in [0.4, 0.5) is 0 Å². The number of rotatable bonds is 3. The van der Waals surface area contributed by atoms with Crippen LogP contribution in [0.2, 0.25) is 0 Å². The Balaban J connectivity index is 2.55. The highest BCUT2D eigenvalue weighted by molar-refractivity contribution is 6.00. The van der Waals surface area contributed by atoms with Crippen LogP contribution in [-0.2, 0) is 14.4 Å². The molecule has 1 saturated heterocycles. The number of amides is 2. The number of carboxylic acids is 1. The average Bonchev–Trinajstić information content (AvgIpc) is 2.01. The molecule has 0 saturated carbocycles. The van der Waals surface area contributed by atoms with Gasteiger partial charge in [0.2, 0.25) is 11.8 Å². The fourth-order valence-corrected chi connectivity index (χ4v) is 1.43. The van der Waals surface area contributed by atoms with E-state index in [4.69, 9.17) is 5.11 Å². The van der Waals surface area contributed by atoms with Crippen molar-refractivity contribution in [2.24, 2.45) is 0 Å². The Morgan fingerprint density at radius 1 is 1.64 bits per heavy atom. The molecule has 1 heterocycles. The second-order valence-electron chi connectivity index (χ2n) is 3.28. The second kappa shape index (κ2) is 4.19. The largest absolute Gasteiger partial charge is 0.480 e. The molecule has 1 unspecified atom stereocenters. The van der Waals surface area contributed by atoms with E-state index in [9.17, 15) is 14.4 Å². The van der Waals surface area contributed by atoms with Gasteiger partial charge < -0.3 is 5.11 Å². The predicted octanol–water partition coefficient (Wildman–Crippen LogP) is -1.19. The lowest BCUT2D eigenvalue weighted by molar-refractivity contribution is -0.141. The van der Waals surface area contributed by atoms with Crippen molar-refractivity contribution in [2.45, 2.75) is 18.9 Å². The van der Waals surface area contributed by atoms with Gasteiger partial charge in [0, 0.05) is 6.42 Å². The van der Waals surface area contributed by atoms with Crippen LogP contribution in [0, 0.1) is 0 Å². The zero-order valence-electron chi connectivity index (χ0n) is 7.82. The fourth-order valence-electron chi connectivity index (χ4n) is 1.43. The van der Waals surface area contributed by atoms with Gasteiger partial charge in [0.15, 0.2) is 0 Å². The molecule has 0 radical (unpaired) electrons. The van der Waals surface area contributed by atoms with Gasteiger partial charge in [0.05, 0.1) is 12.6 Å². The summed E-state index contributed by atoms with van der Waals surface area (Å²) < 4.78 is 0. The van der Waals surface area contributed by atoms with Crippen molar-refractivity contribution < 1.29 is 19.5 Å². The smallest absolute Gasteiger partial charge is 0.317 e. The maximum Gasteiger partial charge on any atom is 0.317 e. The summed E-state index contributed by atoms with van der Waals surface area (Å²) in [6.45, 7) is -0.202. The van der Waals surface area contributed by atoms with E-state index in [2.05, 4.69) is 5.32 Å². The van der Waals surface area contributed by atoms with Crippen LogP contribution in [0.5, 0.6) is 0 Å². The summed E-state index contributed by atoms with van der Waals surface area (Å²) >= 11 is 0. The number of nitrogens with one attached hydrogen (secondary N) is 1. The zero-order valence-corrected chi connectivity index (χ0v) is 7.82. The lowest BCUT2D eigenvalue weighted by atomic mass is 10.1. The van der Waals surface area contributed by atoms with Gasteiger partial charge in [-0.05, 0) is 13.5 Å². The normalized spacial score (nSPS) is 22.3. The van der Waals surface area contributed by atoms with Gasteiger partial charge in [-0.2, -0.15) is 0 Å². The van der Waals surface area contributed by atoms with Crippen molar-refractivity contribution in [2.75, 3.05) is 13.6 Å². The summed E-state index contributed by atoms with van der Waals surface area (Å²) in [5.74, 6) is -1.70. The second-order valence-corrected chi connectivity index (χ2v) is 3.28. The minimum atomic E-state index is -0.989. The molecule has 6 nitrogen and oxygen atoms in total. The van der Waals surface area contributed by atoms with Crippen LogP contribution in [-0.4, -0.2) is 47.4 Å². The van der Waals surface area contributed by atoms with Crippen molar-refractivity contribution in [3.8, 4) is 0 Å². The average molecular weight is 200 g/mol. The first-order valence-electron chi connectivity index (χ1n) is 4.26. The quantitative estimate of drug-likeness (QED) is 0.559. The molecule has 1 atom stereocenters. The Labute approximate surface area is 80.9 Å². The summed E-state index contributed by atoms with van der Waals surface area (Å²) in [6.07, 6.45) is 0.648. The van der Waals surface area contributed by atoms with Gasteiger partial charge in [0.1, 0.15) is 0 Å². The number of likely N-dealkylation sites (N-methyl/N-ethyl adjacent to an activating group) is 1. The van der Waals surface area contributed by atoms with Gasteiger partial charge in [-0.25, -0.2) is 0 Å². The molecule has 0 aromatic heterocycles. The van der Waals surface area contributed by atoms with Gasteiger partial charge >= 0.3 is 5.97 Å². The summed E-state index contributed by atoms with van der Waals surface area (Å²) in [5.41, 5.74) is 0. The van der Waals surface area contributed by atoms with E-state index in [1.54, 1.807) is 7.05 Å². The molecule has 2 N–H and O–H groups in total. The molecule has 0 aromatic rings. The zero-order chi connectivity index (χ0) is 10.7. The highest BCUT2D eigenvalue weighted by atomic mass is 16.4. The molecule has 2 amide bonds. The minimum absolute atomic E-state index is 0.202. The lowest BCUT2D eigenvalue weighted by Crippen LogP contribution is -2.52. The number of imide groups is 1. The molecular weight excluding hydrogens is 188 g/mol. The maximum absolute atomic E-state index is 11.3. The number of aliphatic carboxylic acids is 1. The molecule has 1 aliphatic rings. The first kappa shape index (κ1) is 10.6. The van der Waals surface area contributed by atoms with E-state index in [0.717, 1.165) is 0 Å². The van der Waals surface area contributed by atoms with E-state index < -0.39 is 17.9 Å². The Hall–Kier alpha value is -1.43. The lowest BCUT2D eigenvalue weighted by Gasteiger charge is -2.28. The first-order valence-corrected chi connectivity index (χ1v) is 4.26. The standard InChI is InChI=1S/C8H12N2O4/c1-10(4-7(12)13)5-2-3-6(11)9-8(5)14/h5H,2-4H2,1H3,(H,12,13)(H,9,11,14). The number of hydrogen-bond acceptors (Lipinski definition) is 4. The number of carbonyl (C=O) groups is 3. The molecule has 6 heteroatoms. The summed E-state index contributed by atoms with van der Waals surface area (Å²) in [5, 5.41) is 10.7. The van der Waals surface area contributed by atoms with Crippen LogP contribution in [0.25, 0.3) is 0 Å². The maximum atomic E-state index is 11.3. The first-order chi connectivity index (χ1) is 6.50. The molecule has 0 bridgehead atoms. The monoisotopic (exact) mass is 200 g/mol. The van der Waals surface area contributed by atoms with Gasteiger partial charge in [-0.1, -0.05) is 0 Å². The van der Waals surface area contributed by atoms with E-state index in [1.807, 2.05) is 0 Å². The van der Waals surface area contributed by atoms with Crippen LogP contribution in [0.1, 0.15) is 12.8 Å². The molecule has 1 rings (SSSR count). The van der Waals surface area contributed by atoms with Crippen molar-refractivity contribution in [3.63, 3.8) is 0 Å². The van der Waals surface area contributed by atoms with E-state index in [-0.39, 0.29) is 18.9 Å². The third-order valence-corrected chi connectivity index (χ3v) is 2.13. The molecule has 1 aliphatic heterocycles. The fraction of sp³-hybridized carbons (Fsp3) is 0.625. The molecule has 0 aromatic carbocycles. The summed E-state index contributed by atoms with van der Waals surface area (Å²) in [7, 11) is 1.55. The van der Waals surface area contributed by atoms with E-state index in [0.29, 0.717) is 6.42 Å². The Morgan fingerprint density at radius 3 is 2.79 bits per heavy atom. The Bertz CT molecular complexity index is 277. The van der Waals surface area contributed by atoms with Crippen molar-refractivity contribution >= 4 is 17.8 Å². The highest BCUT2D eigenvalue weighted by Gasteiger charge is 2.30.